The van der Waals surface area contributed by atoms with E-state index in [1.807, 2.05) is 6.92 Å². The number of halogens is 2. The molecule has 1 N–H and O–H groups in total. The van der Waals surface area contributed by atoms with Crippen molar-refractivity contribution in [2.24, 2.45) is 0 Å². The maximum Gasteiger partial charge on any atom is 0.251 e. The third-order valence-electron chi connectivity index (χ3n) is 2.31. The number of hydrogen-bond donors (Lipinski definition) is 1. The Kier molecular flexibility index (Phi) is 5.95. The van der Waals surface area contributed by atoms with E-state index in [2.05, 4.69) is 21.2 Å². The average molecular weight is 321 g/mol. The molecule has 1 rings (SSSR count). The third kappa shape index (κ3) is 4.66. The lowest BCUT2D eigenvalue weighted by Crippen LogP contribution is -2.33. The van der Waals surface area contributed by atoms with Gasteiger partial charge in [0.1, 0.15) is 0 Å². The van der Waals surface area contributed by atoms with Gasteiger partial charge < -0.3 is 10.1 Å². The van der Waals surface area contributed by atoms with Crippen LogP contribution < -0.4 is 5.32 Å². The van der Waals surface area contributed by atoms with Gasteiger partial charge in [0.05, 0.1) is 5.02 Å². The predicted molar refractivity (Wildman–Crippen MR) is 72.6 cm³/mol. The lowest BCUT2D eigenvalue weighted by Gasteiger charge is -2.13. The van der Waals surface area contributed by atoms with Gasteiger partial charge in [0.15, 0.2) is 0 Å². The molecule has 1 amide bonds. The molecule has 0 fully saturated rings. The fourth-order valence-electron chi connectivity index (χ4n) is 1.31. The summed E-state index contributed by atoms with van der Waals surface area (Å²) in [6.07, 6.45) is 0.784. The lowest BCUT2D eigenvalue weighted by atomic mass is 10.2. The van der Waals surface area contributed by atoms with Crippen molar-refractivity contribution in [2.75, 3.05) is 13.7 Å². The largest absolute Gasteiger partial charge is 0.385 e. The van der Waals surface area contributed by atoms with Crippen LogP contribution in [0, 0.1) is 0 Å². The zero-order chi connectivity index (χ0) is 12.8. The first-order valence-corrected chi connectivity index (χ1v) is 6.46. The predicted octanol–water partition coefficient (Wildman–Crippen LogP) is 3.26. The fraction of sp³-hybridized carbons (Fsp3) is 0.417. The first-order valence-electron chi connectivity index (χ1n) is 5.29. The second-order valence-electron chi connectivity index (χ2n) is 3.78. The van der Waals surface area contributed by atoms with Gasteiger partial charge in [-0.05, 0) is 47.5 Å². The lowest BCUT2D eigenvalue weighted by molar-refractivity contribution is 0.0929. The van der Waals surface area contributed by atoms with Gasteiger partial charge in [-0.25, -0.2) is 0 Å². The second-order valence-corrected chi connectivity index (χ2v) is 5.05. The number of ether oxygens (including phenoxy) is 1. The van der Waals surface area contributed by atoms with Gasteiger partial charge in [-0.3, -0.25) is 4.79 Å². The molecule has 1 atom stereocenters. The normalized spacial score (nSPS) is 12.2. The van der Waals surface area contributed by atoms with Crippen molar-refractivity contribution in [3.8, 4) is 0 Å². The summed E-state index contributed by atoms with van der Waals surface area (Å²) < 4.78 is 5.74. The maximum atomic E-state index is 11.9. The highest BCUT2D eigenvalue weighted by atomic mass is 79.9. The van der Waals surface area contributed by atoms with Gasteiger partial charge in [-0.2, -0.15) is 0 Å². The molecular weight excluding hydrogens is 305 g/mol. The molecule has 0 bridgehead atoms. The molecule has 0 aliphatic rings. The molecule has 1 unspecified atom stereocenters. The topological polar surface area (TPSA) is 38.3 Å². The van der Waals surface area contributed by atoms with E-state index < -0.39 is 0 Å². The van der Waals surface area contributed by atoms with Gasteiger partial charge in [-0.15, -0.1) is 0 Å². The molecule has 0 saturated heterocycles. The van der Waals surface area contributed by atoms with Gasteiger partial charge in [0.2, 0.25) is 0 Å². The van der Waals surface area contributed by atoms with Crippen molar-refractivity contribution in [2.45, 2.75) is 19.4 Å². The minimum atomic E-state index is -0.122. The Morgan fingerprint density at radius 3 is 2.88 bits per heavy atom. The van der Waals surface area contributed by atoms with Crippen molar-refractivity contribution in [1.29, 1.82) is 0 Å². The Hall–Kier alpha value is -0.580. The molecule has 3 nitrogen and oxygen atoms in total. The average Bonchev–Trinajstić information content (AvgIpc) is 2.30. The van der Waals surface area contributed by atoms with Crippen molar-refractivity contribution in [3.63, 3.8) is 0 Å². The Morgan fingerprint density at radius 2 is 2.29 bits per heavy atom. The van der Waals surface area contributed by atoms with Gasteiger partial charge in [0, 0.05) is 29.8 Å². The molecular formula is C12H15BrClNO2. The number of hydrogen-bond acceptors (Lipinski definition) is 2. The van der Waals surface area contributed by atoms with E-state index in [4.69, 9.17) is 16.3 Å². The Bertz CT molecular complexity index is 398. The Balaban J connectivity index is 2.60. The smallest absolute Gasteiger partial charge is 0.251 e. The molecule has 0 spiro atoms. The zero-order valence-corrected chi connectivity index (χ0v) is 12.1. The van der Waals surface area contributed by atoms with Crippen LogP contribution in [0.4, 0.5) is 0 Å². The number of carbonyl (C=O) groups is 1. The number of nitrogens with one attached hydrogen (secondary N) is 1. The van der Waals surface area contributed by atoms with Crippen LogP contribution in [0.25, 0.3) is 0 Å². The second kappa shape index (κ2) is 6.99. The van der Waals surface area contributed by atoms with E-state index in [0.29, 0.717) is 17.2 Å². The van der Waals surface area contributed by atoms with Crippen LogP contribution in [0.1, 0.15) is 23.7 Å². The molecule has 0 heterocycles. The zero-order valence-electron chi connectivity index (χ0n) is 9.80. The molecule has 1 aromatic rings. The van der Waals surface area contributed by atoms with Crippen LogP contribution in [0.5, 0.6) is 0 Å². The molecule has 94 valence electrons. The molecule has 0 aromatic heterocycles. The minimum Gasteiger partial charge on any atom is -0.385 e. The van der Waals surface area contributed by atoms with E-state index in [-0.39, 0.29) is 11.9 Å². The number of amides is 1. The Labute approximate surface area is 115 Å². The van der Waals surface area contributed by atoms with E-state index in [1.54, 1.807) is 25.3 Å². The minimum absolute atomic E-state index is 0.0740. The summed E-state index contributed by atoms with van der Waals surface area (Å²) >= 11 is 9.21. The summed E-state index contributed by atoms with van der Waals surface area (Å²) in [6.45, 7) is 2.57. The van der Waals surface area contributed by atoms with Crippen LogP contribution in [-0.2, 0) is 4.74 Å². The molecule has 0 aliphatic heterocycles. The van der Waals surface area contributed by atoms with Gasteiger partial charge in [-0.1, -0.05) is 11.6 Å². The number of methoxy groups -OCH3 is 1. The quantitative estimate of drug-likeness (QED) is 0.904. The number of rotatable bonds is 5. The maximum absolute atomic E-state index is 11.9. The van der Waals surface area contributed by atoms with Crippen LogP contribution in [0.2, 0.25) is 5.02 Å². The molecule has 0 aliphatic carbocycles. The molecule has 1 aromatic carbocycles. The standard InChI is InChI=1S/C12H15BrClNO2/c1-8(5-6-17-2)15-12(16)9-3-4-10(13)11(14)7-9/h3-4,7-8H,5-6H2,1-2H3,(H,15,16). The summed E-state index contributed by atoms with van der Waals surface area (Å²) in [4.78, 5) is 11.9. The summed E-state index contributed by atoms with van der Waals surface area (Å²) in [5.74, 6) is -0.122. The highest BCUT2D eigenvalue weighted by Crippen LogP contribution is 2.23. The van der Waals surface area contributed by atoms with Crippen molar-refractivity contribution >= 4 is 33.4 Å². The van der Waals surface area contributed by atoms with Crippen LogP contribution in [0.15, 0.2) is 22.7 Å². The summed E-state index contributed by atoms with van der Waals surface area (Å²) in [5, 5.41) is 3.41. The van der Waals surface area contributed by atoms with Crippen LogP contribution in [0.3, 0.4) is 0 Å². The molecule has 0 radical (unpaired) electrons. The summed E-state index contributed by atoms with van der Waals surface area (Å²) in [6, 6.07) is 5.21. The number of carbonyl (C=O) groups excluding carboxylic acids is 1. The molecule has 5 heteroatoms. The molecule has 17 heavy (non-hydrogen) atoms. The highest BCUT2D eigenvalue weighted by Gasteiger charge is 2.10. The van der Waals surface area contributed by atoms with Crippen LogP contribution in [-0.4, -0.2) is 25.7 Å². The monoisotopic (exact) mass is 319 g/mol. The SMILES string of the molecule is COCCC(C)NC(=O)c1ccc(Br)c(Cl)c1. The van der Waals surface area contributed by atoms with Crippen molar-refractivity contribution < 1.29 is 9.53 Å². The van der Waals surface area contributed by atoms with Crippen molar-refractivity contribution in [1.82, 2.24) is 5.32 Å². The highest BCUT2D eigenvalue weighted by molar-refractivity contribution is 9.10. The summed E-state index contributed by atoms with van der Waals surface area (Å²) in [5.41, 5.74) is 0.558. The number of benzene rings is 1. The first-order chi connectivity index (χ1) is 8.04. The fourth-order valence-corrected chi connectivity index (χ4v) is 1.74. The Morgan fingerprint density at radius 1 is 1.59 bits per heavy atom. The van der Waals surface area contributed by atoms with Gasteiger partial charge in [0.25, 0.3) is 5.91 Å². The first kappa shape index (κ1) is 14.5. The van der Waals surface area contributed by atoms with Crippen molar-refractivity contribution in [3.05, 3.63) is 33.3 Å². The van der Waals surface area contributed by atoms with Gasteiger partial charge >= 0.3 is 0 Å². The van der Waals surface area contributed by atoms with E-state index in [0.717, 1.165) is 10.9 Å². The molecule has 0 saturated carbocycles. The van der Waals surface area contributed by atoms with E-state index in [1.165, 1.54) is 0 Å². The third-order valence-corrected chi connectivity index (χ3v) is 3.55. The van der Waals surface area contributed by atoms with E-state index >= 15 is 0 Å². The summed E-state index contributed by atoms with van der Waals surface area (Å²) in [7, 11) is 1.64. The van der Waals surface area contributed by atoms with Crippen LogP contribution >= 0.6 is 27.5 Å². The van der Waals surface area contributed by atoms with E-state index in [9.17, 15) is 4.79 Å².